The van der Waals surface area contributed by atoms with E-state index in [9.17, 15) is 9.59 Å². The van der Waals surface area contributed by atoms with Crippen molar-refractivity contribution in [1.82, 2.24) is 14.8 Å². The molecule has 3 heterocycles. The molecule has 1 atom stereocenters. The standard InChI is InChI=1S/C20H23ClN4O2S/c1-13-6-7-14(21)11-15(13)22-20-23-16(12-28-20)18(26)25-10-4-5-17(25)19(27)24-8-2-3-9-24/h6-7,11-12,17H,2-5,8-10H2,1H3,(H,22,23). The maximum absolute atomic E-state index is 13.0. The molecule has 1 unspecified atom stereocenters. The predicted octanol–water partition coefficient (Wildman–Crippen LogP) is 4.08. The van der Waals surface area contributed by atoms with Crippen LogP contribution in [0.15, 0.2) is 23.6 Å². The summed E-state index contributed by atoms with van der Waals surface area (Å²) in [4.78, 5) is 33.9. The lowest BCUT2D eigenvalue weighted by molar-refractivity contribution is -0.134. The Kier molecular flexibility index (Phi) is 5.55. The zero-order chi connectivity index (χ0) is 19.7. The van der Waals surface area contributed by atoms with E-state index in [1.165, 1.54) is 11.3 Å². The molecule has 8 heteroatoms. The third-order valence-corrected chi connectivity index (χ3v) is 6.37. The highest BCUT2D eigenvalue weighted by Gasteiger charge is 2.38. The van der Waals surface area contributed by atoms with Crippen LogP contribution in [-0.2, 0) is 4.79 Å². The van der Waals surface area contributed by atoms with Crippen LogP contribution in [0.3, 0.4) is 0 Å². The second-order valence-corrected chi connectivity index (χ2v) is 8.61. The first kappa shape index (κ1) is 19.2. The molecule has 28 heavy (non-hydrogen) atoms. The lowest BCUT2D eigenvalue weighted by atomic mass is 10.2. The Hall–Kier alpha value is -2.12. The van der Waals surface area contributed by atoms with Gasteiger partial charge in [0.2, 0.25) is 5.91 Å². The lowest BCUT2D eigenvalue weighted by Gasteiger charge is -2.27. The maximum Gasteiger partial charge on any atom is 0.274 e. The zero-order valence-electron chi connectivity index (χ0n) is 15.8. The second kappa shape index (κ2) is 8.09. The Morgan fingerprint density at radius 3 is 2.79 bits per heavy atom. The Morgan fingerprint density at radius 2 is 2.00 bits per heavy atom. The van der Waals surface area contributed by atoms with Crippen LogP contribution in [0.1, 0.15) is 41.7 Å². The van der Waals surface area contributed by atoms with Gasteiger partial charge in [-0.3, -0.25) is 9.59 Å². The lowest BCUT2D eigenvalue weighted by Crippen LogP contribution is -2.47. The number of aryl methyl sites for hydroxylation is 1. The average molecular weight is 419 g/mol. The summed E-state index contributed by atoms with van der Waals surface area (Å²) in [6.07, 6.45) is 3.69. The molecule has 6 nitrogen and oxygen atoms in total. The third kappa shape index (κ3) is 3.86. The molecule has 2 fully saturated rings. The molecule has 148 valence electrons. The molecule has 0 radical (unpaired) electrons. The van der Waals surface area contributed by atoms with E-state index in [0.717, 1.165) is 50.0 Å². The molecule has 1 aromatic heterocycles. The Labute approximate surface area is 173 Å². The molecule has 0 aliphatic carbocycles. The molecule has 1 N–H and O–H groups in total. The summed E-state index contributed by atoms with van der Waals surface area (Å²) in [7, 11) is 0. The van der Waals surface area contributed by atoms with Crippen molar-refractivity contribution in [3.05, 3.63) is 39.9 Å². The van der Waals surface area contributed by atoms with Crippen molar-refractivity contribution in [3.8, 4) is 0 Å². The SMILES string of the molecule is Cc1ccc(Cl)cc1Nc1nc(C(=O)N2CCCC2C(=O)N2CCCC2)cs1. The quantitative estimate of drug-likeness (QED) is 0.812. The van der Waals surface area contributed by atoms with Crippen LogP contribution in [0.5, 0.6) is 0 Å². The molecule has 0 spiro atoms. The molecule has 1 aromatic carbocycles. The summed E-state index contributed by atoms with van der Waals surface area (Å²) >= 11 is 7.44. The fourth-order valence-corrected chi connectivity index (χ4v) is 4.70. The van der Waals surface area contributed by atoms with Gasteiger partial charge in [-0.15, -0.1) is 11.3 Å². The molecule has 2 saturated heterocycles. The van der Waals surface area contributed by atoms with E-state index < -0.39 is 0 Å². The fraction of sp³-hybridized carbons (Fsp3) is 0.450. The van der Waals surface area contributed by atoms with Gasteiger partial charge in [-0.2, -0.15) is 0 Å². The molecule has 2 aliphatic rings. The number of anilines is 2. The number of carbonyl (C=O) groups is 2. The van der Waals surface area contributed by atoms with E-state index in [1.54, 1.807) is 10.3 Å². The zero-order valence-corrected chi connectivity index (χ0v) is 17.4. The first-order valence-corrected chi connectivity index (χ1v) is 10.9. The van der Waals surface area contributed by atoms with E-state index >= 15 is 0 Å². The summed E-state index contributed by atoms with van der Waals surface area (Å²) in [6, 6.07) is 5.26. The second-order valence-electron chi connectivity index (χ2n) is 7.31. The van der Waals surface area contributed by atoms with E-state index in [4.69, 9.17) is 11.6 Å². The molecule has 2 aromatic rings. The summed E-state index contributed by atoms with van der Waals surface area (Å²) < 4.78 is 0. The predicted molar refractivity (Wildman–Crippen MR) is 111 cm³/mol. The third-order valence-electron chi connectivity index (χ3n) is 5.38. The van der Waals surface area contributed by atoms with Gasteiger partial charge >= 0.3 is 0 Å². The number of likely N-dealkylation sites (tertiary alicyclic amines) is 2. The molecule has 2 amide bonds. The van der Waals surface area contributed by atoms with Crippen molar-refractivity contribution in [3.63, 3.8) is 0 Å². The molecule has 2 aliphatic heterocycles. The number of halogens is 1. The van der Waals surface area contributed by atoms with Crippen molar-refractivity contribution in [1.29, 1.82) is 0 Å². The van der Waals surface area contributed by atoms with Crippen molar-refractivity contribution < 1.29 is 9.59 Å². The van der Waals surface area contributed by atoms with E-state index in [2.05, 4.69) is 10.3 Å². The van der Waals surface area contributed by atoms with Gasteiger partial charge in [0.05, 0.1) is 0 Å². The molecule has 0 bridgehead atoms. The largest absolute Gasteiger partial charge is 0.341 e. The summed E-state index contributed by atoms with van der Waals surface area (Å²) in [6.45, 7) is 4.20. The van der Waals surface area contributed by atoms with Crippen LogP contribution in [0, 0.1) is 6.92 Å². The monoisotopic (exact) mass is 418 g/mol. The van der Waals surface area contributed by atoms with Crippen LogP contribution in [-0.4, -0.2) is 52.3 Å². The topological polar surface area (TPSA) is 65.5 Å². The van der Waals surface area contributed by atoms with Gasteiger partial charge in [0.1, 0.15) is 11.7 Å². The number of aromatic nitrogens is 1. The van der Waals surface area contributed by atoms with Gasteiger partial charge in [-0.25, -0.2) is 4.98 Å². The maximum atomic E-state index is 13.0. The van der Waals surface area contributed by atoms with Crippen LogP contribution in [0.2, 0.25) is 5.02 Å². The highest BCUT2D eigenvalue weighted by Crippen LogP contribution is 2.28. The van der Waals surface area contributed by atoms with Gasteiger partial charge < -0.3 is 15.1 Å². The molecular weight excluding hydrogens is 396 g/mol. The van der Waals surface area contributed by atoms with Gasteiger partial charge in [0.15, 0.2) is 5.13 Å². The van der Waals surface area contributed by atoms with Crippen molar-refractivity contribution in [2.45, 2.75) is 38.6 Å². The number of rotatable bonds is 4. The van der Waals surface area contributed by atoms with Gasteiger partial charge in [-0.1, -0.05) is 17.7 Å². The molecule has 4 rings (SSSR count). The summed E-state index contributed by atoms with van der Waals surface area (Å²) in [5.41, 5.74) is 2.29. The highest BCUT2D eigenvalue weighted by molar-refractivity contribution is 7.14. The van der Waals surface area contributed by atoms with Gasteiger partial charge in [-0.05, 0) is 50.3 Å². The normalized spacial score (nSPS) is 19.3. The number of benzene rings is 1. The van der Waals surface area contributed by atoms with Crippen LogP contribution < -0.4 is 5.32 Å². The Morgan fingerprint density at radius 1 is 1.21 bits per heavy atom. The van der Waals surface area contributed by atoms with Gasteiger partial charge in [0.25, 0.3) is 5.91 Å². The fourth-order valence-electron chi connectivity index (χ4n) is 3.84. The number of amides is 2. The molecule has 0 saturated carbocycles. The van der Waals surface area contributed by atoms with Crippen LogP contribution in [0.25, 0.3) is 0 Å². The van der Waals surface area contributed by atoms with Crippen LogP contribution in [0.4, 0.5) is 10.8 Å². The number of thiazole rings is 1. The average Bonchev–Trinajstić information content (AvgIpc) is 3.45. The van der Waals surface area contributed by atoms with Gasteiger partial charge in [0, 0.05) is 35.7 Å². The minimum atomic E-state index is -0.348. The number of nitrogens with zero attached hydrogens (tertiary/aromatic N) is 3. The smallest absolute Gasteiger partial charge is 0.274 e. The Balaban J connectivity index is 1.47. The van der Waals surface area contributed by atoms with E-state index in [-0.39, 0.29) is 17.9 Å². The number of hydrogen-bond acceptors (Lipinski definition) is 5. The number of hydrogen-bond donors (Lipinski definition) is 1. The van der Waals surface area contributed by atoms with E-state index in [0.29, 0.717) is 22.4 Å². The first-order valence-electron chi connectivity index (χ1n) is 9.61. The minimum Gasteiger partial charge on any atom is -0.341 e. The highest BCUT2D eigenvalue weighted by atomic mass is 35.5. The van der Waals surface area contributed by atoms with Crippen molar-refractivity contribution in [2.24, 2.45) is 0 Å². The van der Waals surface area contributed by atoms with Crippen molar-refractivity contribution in [2.75, 3.05) is 25.0 Å². The minimum absolute atomic E-state index is 0.0893. The summed E-state index contributed by atoms with van der Waals surface area (Å²) in [5, 5.41) is 6.26. The van der Waals surface area contributed by atoms with Crippen LogP contribution >= 0.6 is 22.9 Å². The molecular formula is C20H23ClN4O2S. The van der Waals surface area contributed by atoms with Crippen molar-refractivity contribution >= 4 is 45.6 Å². The summed E-state index contributed by atoms with van der Waals surface area (Å²) in [5.74, 6) is -0.0753. The Bertz CT molecular complexity index is 894. The first-order chi connectivity index (χ1) is 13.5. The number of nitrogens with one attached hydrogen (secondary N) is 1. The number of carbonyl (C=O) groups excluding carboxylic acids is 2. The van der Waals surface area contributed by atoms with E-state index in [1.807, 2.05) is 30.0 Å².